The Morgan fingerprint density at radius 1 is 0.844 bits per heavy atom. The number of halogens is 3. The molecule has 0 heterocycles. The van der Waals surface area contributed by atoms with Crippen molar-refractivity contribution in [3.05, 3.63) is 77.6 Å². The van der Waals surface area contributed by atoms with Crippen LogP contribution in [-0.2, 0) is 6.42 Å². The highest BCUT2D eigenvalue weighted by Gasteiger charge is 2.21. The lowest BCUT2D eigenvalue weighted by molar-refractivity contribution is 0.252. The normalized spacial score (nSPS) is 18.8. The fourth-order valence-corrected chi connectivity index (χ4v) is 5.21. The molecule has 0 N–H and O–H groups in total. The molecule has 0 nitrogen and oxygen atoms in total. The minimum absolute atomic E-state index is 0.0327. The molecule has 3 aromatic carbocycles. The van der Waals surface area contributed by atoms with Crippen molar-refractivity contribution < 1.29 is 13.2 Å². The molecule has 4 rings (SSSR count). The molecule has 1 saturated carbocycles. The molecule has 3 aromatic rings. The second-order valence-electron chi connectivity index (χ2n) is 9.23. The van der Waals surface area contributed by atoms with E-state index >= 15 is 4.39 Å². The summed E-state index contributed by atoms with van der Waals surface area (Å²) in [4.78, 5) is 0. The largest absolute Gasteiger partial charge is 0.206 e. The molecule has 3 heteroatoms. The summed E-state index contributed by atoms with van der Waals surface area (Å²) in [6.07, 6.45) is 11.5. The summed E-state index contributed by atoms with van der Waals surface area (Å²) in [5.74, 6) is -1.23. The highest BCUT2D eigenvalue weighted by molar-refractivity contribution is 5.90. The number of fused-ring (bicyclic) bond motifs is 1. The average molecular weight is 437 g/mol. The van der Waals surface area contributed by atoms with Crippen LogP contribution >= 0.6 is 0 Å². The first-order valence-corrected chi connectivity index (χ1v) is 11.8. The van der Waals surface area contributed by atoms with Crippen molar-refractivity contribution in [2.45, 2.75) is 58.3 Å². The molecule has 0 spiro atoms. The summed E-state index contributed by atoms with van der Waals surface area (Å²) in [5, 5.41) is 0.0127. The summed E-state index contributed by atoms with van der Waals surface area (Å²) in [6.45, 7) is 5.76. The van der Waals surface area contributed by atoms with E-state index in [1.807, 2.05) is 24.3 Å². The van der Waals surface area contributed by atoms with Gasteiger partial charge in [-0.3, -0.25) is 0 Å². The van der Waals surface area contributed by atoms with Crippen LogP contribution in [0.1, 0.15) is 63.0 Å². The molecule has 1 fully saturated rings. The van der Waals surface area contributed by atoms with E-state index < -0.39 is 17.5 Å². The van der Waals surface area contributed by atoms with Crippen LogP contribution in [0.3, 0.4) is 0 Å². The Morgan fingerprint density at radius 3 is 2.12 bits per heavy atom. The first kappa shape index (κ1) is 22.6. The number of hydrogen-bond acceptors (Lipinski definition) is 0. The number of hydrogen-bond donors (Lipinski definition) is 0. The van der Waals surface area contributed by atoms with Crippen LogP contribution in [0, 0.1) is 29.3 Å². The minimum atomic E-state index is -1.16. The van der Waals surface area contributed by atoms with Crippen molar-refractivity contribution in [1.82, 2.24) is 0 Å². The molecule has 0 saturated heterocycles. The van der Waals surface area contributed by atoms with Crippen molar-refractivity contribution in [2.24, 2.45) is 11.8 Å². The van der Waals surface area contributed by atoms with Gasteiger partial charge in [-0.15, -0.1) is 0 Å². The number of rotatable bonds is 7. The van der Waals surface area contributed by atoms with Gasteiger partial charge in [0.1, 0.15) is 5.82 Å². The third-order valence-corrected chi connectivity index (χ3v) is 7.14. The lowest BCUT2D eigenvalue weighted by Gasteiger charge is -2.28. The molecule has 0 atom stereocenters. The third kappa shape index (κ3) is 4.62. The van der Waals surface area contributed by atoms with Gasteiger partial charge in [-0.25, -0.2) is 13.2 Å². The van der Waals surface area contributed by atoms with E-state index in [0.717, 1.165) is 18.3 Å². The Kier molecular flexibility index (Phi) is 7.03. The molecular formula is C29H31F3. The van der Waals surface area contributed by atoms with Gasteiger partial charge in [0.25, 0.3) is 0 Å². The van der Waals surface area contributed by atoms with Gasteiger partial charge in [0, 0.05) is 11.1 Å². The summed E-state index contributed by atoms with van der Waals surface area (Å²) in [7, 11) is 0. The molecule has 0 amide bonds. The van der Waals surface area contributed by atoms with Gasteiger partial charge in [0.05, 0.1) is 5.39 Å². The van der Waals surface area contributed by atoms with Gasteiger partial charge in [-0.05, 0) is 47.3 Å². The van der Waals surface area contributed by atoms with Gasteiger partial charge < -0.3 is 0 Å². The smallest absolute Gasteiger partial charge is 0.170 e. The summed E-state index contributed by atoms with van der Waals surface area (Å²) in [6, 6.07) is 12.5. The highest BCUT2D eigenvalue weighted by Crippen LogP contribution is 2.35. The van der Waals surface area contributed by atoms with Crippen LogP contribution in [0.4, 0.5) is 13.2 Å². The van der Waals surface area contributed by atoms with E-state index in [2.05, 4.69) is 13.5 Å². The van der Waals surface area contributed by atoms with Gasteiger partial charge in [-0.1, -0.05) is 94.5 Å². The lowest BCUT2D eigenvalue weighted by atomic mass is 9.78. The molecule has 1 aliphatic rings. The van der Waals surface area contributed by atoms with Crippen molar-refractivity contribution in [3.63, 3.8) is 0 Å². The van der Waals surface area contributed by atoms with Gasteiger partial charge in [0.2, 0.25) is 0 Å². The Labute approximate surface area is 189 Å². The minimum Gasteiger partial charge on any atom is -0.206 e. The maximum Gasteiger partial charge on any atom is 0.170 e. The summed E-state index contributed by atoms with van der Waals surface area (Å²) >= 11 is 0. The van der Waals surface area contributed by atoms with E-state index in [-0.39, 0.29) is 16.5 Å². The topological polar surface area (TPSA) is 0 Å². The second kappa shape index (κ2) is 9.94. The van der Waals surface area contributed by atoms with E-state index in [1.165, 1.54) is 62.7 Å². The van der Waals surface area contributed by atoms with E-state index in [0.29, 0.717) is 10.9 Å². The average Bonchev–Trinajstić information content (AvgIpc) is 2.81. The zero-order valence-corrected chi connectivity index (χ0v) is 18.8. The third-order valence-electron chi connectivity index (χ3n) is 7.14. The Bertz CT molecular complexity index is 1090. The molecule has 32 heavy (non-hydrogen) atoms. The van der Waals surface area contributed by atoms with Crippen molar-refractivity contribution in [3.8, 4) is 11.1 Å². The molecule has 168 valence electrons. The molecular weight excluding hydrogens is 405 g/mol. The van der Waals surface area contributed by atoms with Gasteiger partial charge in [0.15, 0.2) is 11.6 Å². The fraction of sp³-hybridized carbons (Fsp3) is 0.379. The van der Waals surface area contributed by atoms with Crippen LogP contribution in [-0.4, -0.2) is 0 Å². The molecule has 0 aliphatic heterocycles. The van der Waals surface area contributed by atoms with Crippen LogP contribution in [0.15, 0.2) is 49.0 Å². The van der Waals surface area contributed by atoms with Crippen LogP contribution in [0.2, 0.25) is 0 Å². The zero-order chi connectivity index (χ0) is 22.7. The van der Waals surface area contributed by atoms with Crippen LogP contribution < -0.4 is 0 Å². The van der Waals surface area contributed by atoms with Gasteiger partial charge in [-0.2, -0.15) is 0 Å². The molecule has 0 bridgehead atoms. The lowest BCUT2D eigenvalue weighted by Crippen LogP contribution is -2.15. The zero-order valence-electron chi connectivity index (χ0n) is 18.8. The van der Waals surface area contributed by atoms with E-state index in [1.54, 1.807) is 12.1 Å². The molecule has 1 aliphatic carbocycles. The standard InChI is InChI=1S/C29H31F3/c1-3-5-19-6-8-20(9-7-19)10-11-21-12-14-23(15-13-21)25-17-16-24-18-22(4-2)27(30)29(32)26(24)28(25)31/h4,12-20H,2-3,5-11H2,1H3. The van der Waals surface area contributed by atoms with Gasteiger partial charge >= 0.3 is 0 Å². The first-order chi connectivity index (χ1) is 15.5. The van der Waals surface area contributed by atoms with Crippen LogP contribution in [0.25, 0.3) is 28.0 Å². The maximum absolute atomic E-state index is 15.2. The second-order valence-corrected chi connectivity index (χ2v) is 9.23. The van der Waals surface area contributed by atoms with Crippen molar-refractivity contribution in [2.75, 3.05) is 0 Å². The SMILES string of the molecule is C=Cc1cc2ccc(-c3ccc(CCC4CCC(CCC)CC4)cc3)c(F)c2c(F)c1F. The van der Waals surface area contributed by atoms with E-state index in [4.69, 9.17) is 0 Å². The van der Waals surface area contributed by atoms with Crippen molar-refractivity contribution in [1.29, 1.82) is 0 Å². The molecule has 0 aromatic heterocycles. The monoisotopic (exact) mass is 436 g/mol. The van der Waals surface area contributed by atoms with E-state index in [9.17, 15) is 8.78 Å². The highest BCUT2D eigenvalue weighted by atomic mass is 19.2. The van der Waals surface area contributed by atoms with Crippen LogP contribution in [0.5, 0.6) is 0 Å². The molecule has 0 unspecified atom stereocenters. The summed E-state index contributed by atoms with van der Waals surface area (Å²) < 4.78 is 43.9. The Hall–Kier alpha value is -2.55. The quantitative estimate of drug-likeness (QED) is 0.346. The maximum atomic E-state index is 15.2. The number of benzene rings is 3. The number of aryl methyl sites for hydroxylation is 1. The Balaban J connectivity index is 1.48. The predicted octanol–water partition coefficient (Wildman–Crippen LogP) is 9.11. The Morgan fingerprint density at radius 2 is 1.50 bits per heavy atom. The first-order valence-electron chi connectivity index (χ1n) is 11.8. The van der Waals surface area contributed by atoms with Crippen molar-refractivity contribution >= 4 is 16.8 Å². The fourth-order valence-electron chi connectivity index (χ4n) is 5.21. The molecule has 0 radical (unpaired) electrons. The summed E-state index contributed by atoms with van der Waals surface area (Å²) in [5.41, 5.74) is 2.22. The predicted molar refractivity (Wildman–Crippen MR) is 128 cm³/mol.